The maximum absolute atomic E-state index is 13.4. The predicted molar refractivity (Wildman–Crippen MR) is 89.3 cm³/mol. The van der Waals surface area contributed by atoms with Gasteiger partial charge in [-0.15, -0.1) is 0 Å². The maximum atomic E-state index is 13.4. The number of anilines is 1. The first-order chi connectivity index (χ1) is 11.1. The minimum Gasteiger partial charge on any atom is -0.497 e. The number of rotatable bonds is 7. The topological polar surface area (TPSA) is 50.4 Å². The quantitative estimate of drug-likeness (QED) is 0.826. The zero-order valence-corrected chi connectivity index (χ0v) is 13.4. The molecule has 2 N–H and O–H groups in total. The second-order valence-corrected chi connectivity index (χ2v) is 5.27. The first kappa shape index (κ1) is 16.8. The Morgan fingerprint density at radius 2 is 1.91 bits per heavy atom. The molecule has 2 aromatic rings. The molecule has 0 spiro atoms. The van der Waals surface area contributed by atoms with Gasteiger partial charge < -0.3 is 15.4 Å². The van der Waals surface area contributed by atoms with Gasteiger partial charge >= 0.3 is 0 Å². The van der Waals surface area contributed by atoms with Crippen molar-refractivity contribution >= 4 is 11.6 Å². The minimum absolute atomic E-state index is 0.116. The van der Waals surface area contributed by atoms with Crippen molar-refractivity contribution in [2.24, 2.45) is 0 Å². The fraction of sp³-hybridized carbons (Fsp3) is 0.278. The van der Waals surface area contributed by atoms with E-state index in [0.29, 0.717) is 17.8 Å². The molecule has 0 bridgehead atoms. The molecule has 0 radical (unpaired) electrons. The summed E-state index contributed by atoms with van der Waals surface area (Å²) in [4.78, 5) is 11.8. The van der Waals surface area contributed by atoms with Gasteiger partial charge in [0.05, 0.1) is 13.7 Å². The van der Waals surface area contributed by atoms with E-state index in [1.54, 1.807) is 26.2 Å². The van der Waals surface area contributed by atoms with Gasteiger partial charge in [-0.25, -0.2) is 4.39 Å². The summed E-state index contributed by atoms with van der Waals surface area (Å²) in [5.41, 5.74) is 2.30. The van der Waals surface area contributed by atoms with Crippen LogP contribution in [0, 0.1) is 12.7 Å². The van der Waals surface area contributed by atoms with Gasteiger partial charge in [0, 0.05) is 12.2 Å². The highest BCUT2D eigenvalue weighted by atomic mass is 19.1. The van der Waals surface area contributed by atoms with Crippen LogP contribution in [-0.4, -0.2) is 26.1 Å². The van der Waals surface area contributed by atoms with Gasteiger partial charge in [-0.3, -0.25) is 4.79 Å². The molecule has 0 aliphatic heterocycles. The molecule has 5 heteroatoms. The van der Waals surface area contributed by atoms with E-state index >= 15 is 0 Å². The summed E-state index contributed by atoms with van der Waals surface area (Å²) in [5.74, 6) is 0.404. The van der Waals surface area contributed by atoms with Crippen LogP contribution >= 0.6 is 0 Å². The zero-order chi connectivity index (χ0) is 16.7. The summed E-state index contributed by atoms with van der Waals surface area (Å²) >= 11 is 0. The number of benzene rings is 2. The van der Waals surface area contributed by atoms with Gasteiger partial charge in [0.2, 0.25) is 5.91 Å². The van der Waals surface area contributed by atoms with Gasteiger partial charge in [0.1, 0.15) is 11.6 Å². The van der Waals surface area contributed by atoms with E-state index in [0.717, 1.165) is 17.7 Å². The molecule has 0 aliphatic rings. The number of hydrogen-bond donors (Lipinski definition) is 2. The summed E-state index contributed by atoms with van der Waals surface area (Å²) in [7, 11) is 1.63. The summed E-state index contributed by atoms with van der Waals surface area (Å²) in [6.45, 7) is 2.37. The van der Waals surface area contributed by atoms with E-state index in [4.69, 9.17) is 4.74 Å². The van der Waals surface area contributed by atoms with Crippen molar-refractivity contribution in [1.82, 2.24) is 5.32 Å². The Balaban J connectivity index is 1.71. The highest BCUT2D eigenvalue weighted by Gasteiger charge is 2.03. The van der Waals surface area contributed by atoms with Gasteiger partial charge in [-0.2, -0.15) is 0 Å². The van der Waals surface area contributed by atoms with Crippen molar-refractivity contribution in [3.05, 3.63) is 59.4 Å². The molecule has 0 saturated carbocycles. The van der Waals surface area contributed by atoms with Gasteiger partial charge in [-0.05, 0) is 48.7 Å². The molecule has 23 heavy (non-hydrogen) atoms. The standard InChI is InChI=1S/C18H21FN2O2/c1-13-3-6-15(11-17(13)19)21-12-18(22)20-10-9-14-4-7-16(23-2)8-5-14/h3-8,11,21H,9-10,12H2,1-2H3,(H,20,22). The number of carbonyl (C=O) groups is 1. The van der Waals surface area contributed by atoms with E-state index < -0.39 is 0 Å². The Bertz CT molecular complexity index is 657. The van der Waals surface area contributed by atoms with Gasteiger partial charge in [0.25, 0.3) is 0 Å². The normalized spacial score (nSPS) is 10.2. The molecule has 1 amide bonds. The molecule has 0 saturated heterocycles. The van der Waals surface area contributed by atoms with Crippen LogP contribution in [0.15, 0.2) is 42.5 Å². The first-order valence-corrected chi connectivity index (χ1v) is 7.48. The molecule has 2 rings (SSSR count). The van der Waals surface area contributed by atoms with Crippen LogP contribution in [0.5, 0.6) is 5.75 Å². The summed E-state index contributed by atoms with van der Waals surface area (Å²) in [5, 5.41) is 5.74. The van der Waals surface area contributed by atoms with Crippen molar-refractivity contribution in [3.8, 4) is 5.75 Å². The van der Waals surface area contributed by atoms with Crippen LogP contribution < -0.4 is 15.4 Å². The SMILES string of the molecule is COc1ccc(CCNC(=O)CNc2ccc(C)c(F)c2)cc1. The third-order valence-electron chi connectivity index (χ3n) is 3.52. The number of methoxy groups -OCH3 is 1. The third kappa shape index (κ3) is 5.29. The number of carbonyl (C=O) groups excluding carboxylic acids is 1. The van der Waals surface area contributed by atoms with Crippen molar-refractivity contribution in [1.29, 1.82) is 0 Å². The number of hydrogen-bond acceptors (Lipinski definition) is 3. The fourth-order valence-electron chi connectivity index (χ4n) is 2.09. The van der Waals surface area contributed by atoms with Crippen molar-refractivity contribution in [2.75, 3.05) is 25.5 Å². The van der Waals surface area contributed by atoms with E-state index in [9.17, 15) is 9.18 Å². The highest BCUT2D eigenvalue weighted by molar-refractivity contribution is 5.80. The fourth-order valence-corrected chi connectivity index (χ4v) is 2.09. The number of halogens is 1. The van der Waals surface area contributed by atoms with Gasteiger partial charge in [0.15, 0.2) is 0 Å². The van der Waals surface area contributed by atoms with E-state index in [1.165, 1.54) is 6.07 Å². The monoisotopic (exact) mass is 316 g/mol. The average Bonchev–Trinajstić information content (AvgIpc) is 2.56. The third-order valence-corrected chi connectivity index (χ3v) is 3.52. The zero-order valence-electron chi connectivity index (χ0n) is 13.4. The van der Waals surface area contributed by atoms with Gasteiger partial charge in [-0.1, -0.05) is 18.2 Å². The Hall–Kier alpha value is -2.56. The molecule has 0 heterocycles. The maximum Gasteiger partial charge on any atom is 0.239 e. The molecule has 4 nitrogen and oxygen atoms in total. The predicted octanol–water partition coefficient (Wildman–Crippen LogP) is 2.91. The first-order valence-electron chi connectivity index (χ1n) is 7.48. The molecule has 0 aromatic heterocycles. The largest absolute Gasteiger partial charge is 0.497 e. The number of amides is 1. The minimum atomic E-state index is -0.282. The molecular formula is C18H21FN2O2. The second-order valence-electron chi connectivity index (χ2n) is 5.27. The van der Waals surface area contributed by atoms with Crippen LogP contribution in [0.3, 0.4) is 0 Å². The average molecular weight is 316 g/mol. The van der Waals surface area contributed by atoms with Crippen molar-refractivity contribution in [3.63, 3.8) is 0 Å². The second kappa shape index (κ2) is 8.17. The van der Waals surface area contributed by atoms with E-state index in [2.05, 4.69) is 10.6 Å². The lowest BCUT2D eigenvalue weighted by molar-refractivity contribution is -0.119. The Kier molecular flexibility index (Phi) is 5.97. The number of ether oxygens (including phenoxy) is 1. The lowest BCUT2D eigenvalue weighted by Gasteiger charge is -2.09. The molecule has 0 unspecified atom stereocenters. The number of nitrogens with one attached hydrogen (secondary N) is 2. The molecule has 122 valence electrons. The molecular weight excluding hydrogens is 295 g/mol. The summed E-state index contributed by atoms with van der Waals surface area (Å²) in [6.07, 6.45) is 0.745. The molecule has 0 fully saturated rings. The summed E-state index contributed by atoms with van der Waals surface area (Å²) < 4.78 is 18.5. The molecule has 2 aromatic carbocycles. The Morgan fingerprint density at radius 3 is 2.57 bits per heavy atom. The molecule has 0 aliphatic carbocycles. The van der Waals surface area contributed by atoms with Crippen LogP contribution in [0.25, 0.3) is 0 Å². The van der Waals surface area contributed by atoms with E-state index in [1.807, 2.05) is 24.3 Å². The lowest BCUT2D eigenvalue weighted by Crippen LogP contribution is -2.31. The van der Waals surface area contributed by atoms with Crippen LogP contribution in [0.2, 0.25) is 0 Å². The van der Waals surface area contributed by atoms with Crippen LogP contribution in [0.1, 0.15) is 11.1 Å². The van der Waals surface area contributed by atoms with Crippen LogP contribution in [-0.2, 0) is 11.2 Å². The Labute approximate surface area is 135 Å². The summed E-state index contributed by atoms with van der Waals surface area (Å²) in [6, 6.07) is 12.5. The number of aryl methyl sites for hydroxylation is 1. The van der Waals surface area contributed by atoms with Crippen LogP contribution in [0.4, 0.5) is 10.1 Å². The van der Waals surface area contributed by atoms with E-state index in [-0.39, 0.29) is 18.3 Å². The lowest BCUT2D eigenvalue weighted by atomic mass is 10.1. The molecule has 0 atom stereocenters. The Morgan fingerprint density at radius 1 is 1.17 bits per heavy atom. The van der Waals surface area contributed by atoms with Crippen molar-refractivity contribution < 1.29 is 13.9 Å². The van der Waals surface area contributed by atoms with Crippen molar-refractivity contribution in [2.45, 2.75) is 13.3 Å². The highest BCUT2D eigenvalue weighted by Crippen LogP contribution is 2.13. The smallest absolute Gasteiger partial charge is 0.239 e.